The number of ether oxygens (including phenoxy) is 1. The summed E-state index contributed by atoms with van der Waals surface area (Å²) in [5.41, 5.74) is 6.82. The van der Waals surface area contributed by atoms with Crippen molar-refractivity contribution in [1.29, 1.82) is 0 Å². The predicted molar refractivity (Wildman–Crippen MR) is 66.3 cm³/mol. The molecule has 0 radical (unpaired) electrons. The molecule has 0 saturated carbocycles. The van der Waals surface area contributed by atoms with Crippen LogP contribution in [0.25, 0.3) is 0 Å². The third kappa shape index (κ3) is 4.59. The molecule has 1 unspecified atom stereocenters. The summed E-state index contributed by atoms with van der Waals surface area (Å²) in [5.74, 6) is 0.571. The molecule has 0 amide bonds. The van der Waals surface area contributed by atoms with Gasteiger partial charge in [0.15, 0.2) is 0 Å². The molecule has 0 aliphatic heterocycles. The number of hydrogen-bond donors (Lipinski definition) is 2. The lowest BCUT2D eigenvalue weighted by atomic mass is 10.1. The second kappa shape index (κ2) is 7.19. The summed E-state index contributed by atoms with van der Waals surface area (Å²) in [7, 11) is 1.95. The van der Waals surface area contributed by atoms with E-state index in [0.717, 1.165) is 26.1 Å². The molecule has 1 aromatic heterocycles. The van der Waals surface area contributed by atoms with E-state index >= 15 is 0 Å². The van der Waals surface area contributed by atoms with Gasteiger partial charge in [0, 0.05) is 18.8 Å². The summed E-state index contributed by atoms with van der Waals surface area (Å²) in [5, 5.41) is 3.24. The lowest BCUT2D eigenvalue weighted by molar-refractivity contribution is 0.114. The first-order chi connectivity index (χ1) is 7.76. The number of pyridine rings is 1. The van der Waals surface area contributed by atoms with Crippen LogP contribution in [0.5, 0.6) is 0 Å². The standard InChI is InChI=1S/C12H21N3O/c1-3-6-16-9-11(14-2)7-10-4-5-15-12(13)8-10/h4-5,8,11,14H,3,6-7,9H2,1-2H3,(H2,13,15). The van der Waals surface area contributed by atoms with Gasteiger partial charge in [0.05, 0.1) is 6.61 Å². The zero-order chi connectivity index (χ0) is 11.8. The Kier molecular flexibility index (Phi) is 5.82. The molecule has 0 aromatic carbocycles. The van der Waals surface area contributed by atoms with Crippen molar-refractivity contribution in [2.24, 2.45) is 0 Å². The van der Waals surface area contributed by atoms with Crippen LogP contribution in [0.3, 0.4) is 0 Å². The SMILES string of the molecule is CCCOCC(Cc1ccnc(N)c1)NC. The Bertz CT molecular complexity index is 304. The number of nitrogens with one attached hydrogen (secondary N) is 1. The fourth-order valence-electron chi connectivity index (χ4n) is 1.52. The molecular weight excluding hydrogens is 202 g/mol. The summed E-state index contributed by atoms with van der Waals surface area (Å²) < 4.78 is 5.53. The van der Waals surface area contributed by atoms with E-state index in [0.29, 0.717) is 11.9 Å². The van der Waals surface area contributed by atoms with Gasteiger partial charge in [-0.1, -0.05) is 6.92 Å². The van der Waals surface area contributed by atoms with Gasteiger partial charge in [0.25, 0.3) is 0 Å². The summed E-state index contributed by atoms with van der Waals surface area (Å²) >= 11 is 0. The Morgan fingerprint density at radius 1 is 1.56 bits per heavy atom. The van der Waals surface area contributed by atoms with Crippen molar-refractivity contribution in [2.45, 2.75) is 25.8 Å². The van der Waals surface area contributed by atoms with Crippen LogP contribution in [0.2, 0.25) is 0 Å². The first-order valence-corrected chi connectivity index (χ1v) is 5.71. The average Bonchev–Trinajstić information content (AvgIpc) is 2.28. The largest absolute Gasteiger partial charge is 0.384 e. The topological polar surface area (TPSA) is 60.2 Å². The maximum Gasteiger partial charge on any atom is 0.123 e. The highest BCUT2D eigenvalue weighted by Crippen LogP contribution is 2.06. The summed E-state index contributed by atoms with van der Waals surface area (Å²) in [6, 6.07) is 4.22. The molecule has 0 spiro atoms. The van der Waals surface area contributed by atoms with Crippen molar-refractivity contribution in [2.75, 3.05) is 26.0 Å². The molecule has 0 aliphatic carbocycles. The molecule has 0 bridgehead atoms. The van der Waals surface area contributed by atoms with Crippen LogP contribution < -0.4 is 11.1 Å². The molecule has 1 aromatic rings. The van der Waals surface area contributed by atoms with Crippen LogP contribution in [-0.4, -0.2) is 31.3 Å². The molecule has 1 rings (SSSR count). The fraction of sp³-hybridized carbons (Fsp3) is 0.583. The Hall–Kier alpha value is -1.13. The second-order valence-corrected chi connectivity index (χ2v) is 3.85. The van der Waals surface area contributed by atoms with Crippen LogP contribution in [0.15, 0.2) is 18.3 Å². The van der Waals surface area contributed by atoms with Gasteiger partial charge in [0.2, 0.25) is 0 Å². The van der Waals surface area contributed by atoms with Gasteiger partial charge in [-0.05, 0) is 37.6 Å². The van der Waals surface area contributed by atoms with Crippen LogP contribution in [-0.2, 0) is 11.2 Å². The zero-order valence-electron chi connectivity index (χ0n) is 10.1. The van der Waals surface area contributed by atoms with Gasteiger partial charge in [-0.25, -0.2) is 4.98 Å². The minimum absolute atomic E-state index is 0.327. The fourth-order valence-corrected chi connectivity index (χ4v) is 1.52. The lowest BCUT2D eigenvalue weighted by Gasteiger charge is -2.16. The number of nitrogens with zero attached hydrogens (tertiary/aromatic N) is 1. The molecule has 4 nitrogen and oxygen atoms in total. The maximum atomic E-state index is 5.63. The van der Waals surface area contributed by atoms with Crippen molar-refractivity contribution in [3.8, 4) is 0 Å². The highest BCUT2D eigenvalue weighted by molar-refractivity contribution is 5.32. The number of nitrogens with two attached hydrogens (primary N) is 1. The monoisotopic (exact) mass is 223 g/mol. The van der Waals surface area contributed by atoms with Gasteiger partial charge in [-0.15, -0.1) is 0 Å². The smallest absolute Gasteiger partial charge is 0.123 e. The summed E-state index contributed by atoms with van der Waals surface area (Å²) in [6.07, 6.45) is 3.70. The van der Waals surface area contributed by atoms with Crippen molar-refractivity contribution in [3.05, 3.63) is 23.9 Å². The van der Waals surface area contributed by atoms with Gasteiger partial charge in [0.1, 0.15) is 5.82 Å². The molecule has 3 N–H and O–H groups in total. The van der Waals surface area contributed by atoms with Crippen LogP contribution in [0.4, 0.5) is 5.82 Å². The first kappa shape index (κ1) is 12.9. The maximum absolute atomic E-state index is 5.63. The summed E-state index contributed by atoms with van der Waals surface area (Å²) in [6.45, 7) is 3.65. The zero-order valence-corrected chi connectivity index (χ0v) is 10.1. The Labute approximate surface area is 97.2 Å². The van der Waals surface area contributed by atoms with Crippen molar-refractivity contribution in [3.63, 3.8) is 0 Å². The van der Waals surface area contributed by atoms with Crippen LogP contribution in [0.1, 0.15) is 18.9 Å². The molecule has 0 saturated heterocycles. The van der Waals surface area contributed by atoms with Crippen molar-refractivity contribution >= 4 is 5.82 Å². The quantitative estimate of drug-likeness (QED) is 0.682. The molecule has 4 heteroatoms. The number of rotatable bonds is 7. The van der Waals surface area contributed by atoms with Gasteiger partial charge < -0.3 is 15.8 Å². The molecule has 1 heterocycles. The van der Waals surface area contributed by atoms with Crippen molar-refractivity contribution in [1.82, 2.24) is 10.3 Å². The molecule has 0 fully saturated rings. The second-order valence-electron chi connectivity index (χ2n) is 3.85. The predicted octanol–water partition coefficient (Wildman–Crippen LogP) is 1.22. The van der Waals surface area contributed by atoms with E-state index in [1.807, 2.05) is 19.2 Å². The van der Waals surface area contributed by atoms with Gasteiger partial charge in [-0.3, -0.25) is 0 Å². The van der Waals surface area contributed by atoms with E-state index in [2.05, 4.69) is 17.2 Å². The third-order valence-corrected chi connectivity index (χ3v) is 2.40. The Balaban J connectivity index is 2.43. The Morgan fingerprint density at radius 2 is 2.38 bits per heavy atom. The minimum atomic E-state index is 0.327. The van der Waals surface area contributed by atoms with E-state index in [1.54, 1.807) is 6.20 Å². The lowest BCUT2D eigenvalue weighted by Crippen LogP contribution is -2.32. The Morgan fingerprint density at radius 3 is 3.00 bits per heavy atom. The van der Waals surface area contributed by atoms with E-state index in [9.17, 15) is 0 Å². The molecule has 1 atom stereocenters. The normalized spacial score (nSPS) is 12.6. The van der Waals surface area contributed by atoms with E-state index < -0.39 is 0 Å². The third-order valence-electron chi connectivity index (χ3n) is 2.40. The molecule has 0 aliphatic rings. The number of likely N-dealkylation sites (N-methyl/N-ethyl adjacent to an activating group) is 1. The van der Waals surface area contributed by atoms with Crippen LogP contribution in [0, 0.1) is 0 Å². The number of anilines is 1. The number of aromatic nitrogens is 1. The highest BCUT2D eigenvalue weighted by atomic mass is 16.5. The number of hydrogen-bond acceptors (Lipinski definition) is 4. The minimum Gasteiger partial charge on any atom is -0.384 e. The summed E-state index contributed by atoms with van der Waals surface area (Å²) in [4.78, 5) is 3.97. The van der Waals surface area contributed by atoms with Gasteiger partial charge >= 0.3 is 0 Å². The molecule has 16 heavy (non-hydrogen) atoms. The van der Waals surface area contributed by atoms with Gasteiger partial charge in [-0.2, -0.15) is 0 Å². The average molecular weight is 223 g/mol. The molecular formula is C12H21N3O. The van der Waals surface area contributed by atoms with Crippen molar-refractivity contribution < 1.29 is 4.74 Å². The van der Waals surface area contributed by atoms with E-state index in [1.165, 1.54) is 5.56 Å². The first-order valence-electron chi connectivity index (χ1n) is 5.71. The van der Waals surface area contributed by atoms with E-state index in [-0.39, 0.29) is 0 Å². The van der Waals surface area contributed by atoms with E-state index in [4.69, 9.17) is 10.5 Å². The van der Waals surface area contributed by atoms with Crippen LogP contribution >= 0.6 is 0 Å². The number of nitrogen functional groups attached to an aromatic ring is 1. The highest BCUT2D eigenvalue weighted by Gasteiger charge is 2.07. The molecule has 90 valence electrons.